The standard InChI is InChI=1S/C25H30FN7O2/c1-25(2)14-31(17-12-35-13-17)8-6-21(25)28-24-29-23(34)22-18(5-9-33(22)30-24)16-3-4-19-20(11-16)32(10-7-26)15-27-19/h3-5,9,11,15,17,21H,6-8,10,12-14H2,1-2H3,(H2,28,29,30,34)/t21-/m1/s1. The Morgan fingerprint density at radius 2 is 2.14 bits per heavy atom. The first-order chi connectivity index (χ1) is 16.9. The van der Waals surface area contributed by atoms with Crippen LogP contribution in [0.2, 0.25) is 0 Å². The molecular weight excluding hydrogens is 449 g/mol. The van der Waals surface area contributed by atoms with Gasteiger partial charge in [0.15, 0.2) is 0 Å². The van der Waals surface area contributed by atoms with E-state index in [9.17, 15) is 9.18 Å². The zero-order chi connectivity index (χ0) is 24.2. The molecule has 0 amide bonds. The molecule has 0 unspecified atom stereocenters. The number of ether oxygens (including phenoxy) is 1. The molecule has 0 spiro atoms. The Balaban J connectivity index is 1.28. The Labute approximate surface area is 201 Å². The number of benzene rings is 1. The van der Waals surface area contributed by atoms with Crippen molar-refractivity contribution in [3.05, 3.63) is 47.1 Å². The molecule has 2 aliphatic heterocycles. The molecule has 35 heavy (non-hydrogen) atoms. The van der Waals surface area contributed by atoms with Crippen molar-refractivity contribution in [2.75, 3.05) is 38.3 Å². The minimum absolute atomic E-state index is 0.0151. The first kappa shape index (κ1) is 22.2. The highest BCUT2D eigenvalue weighted by molar-refractivity contribution is 5.87. The molecule has 6 rings (SSSR count). The fraction of sp³-hybridized carbons (Fsp3) is 0.480. The number of halogens is 1. The highest BCUT2D eigenvalue weighted by atomic mass is 19.1. The summed E-state index contributed by atoms with van der Waals surface area (Å²) in [6.45, 7) is 7.90. The molecule has 0 radical (unpaired) electrons. The highest BCUT2D eigenvalue weighted by Crippen LogP contribution is 2.33. The first-order valence-electron chi connectivity index (χ1n) is 12.1. The fourth-order valence-electron chi connectivity index (χ4n) is 5.40. The molecular formula is C25H30FN7O2. The van der Waals surface area contributed by atoms with Gasteiger partial charge in [0, 0.05) is 30.9 Å². The van der Waals surface area contributed by atoms with Crippen LogP contribution < -0.4 is 10.9 Å². The normalized spacial score (nSPS) is 20.9. The number of nitrogens with one attached hydrogen (secondary N) is 2. The number of fused-ring (bicyclic) bond motifs is 2. The Hall–Kier alpha value is -3.24. The minimum Gasteiger partial charge on any atom is -0.378 e. The molecule has 1 atom stereocenters. The first-order valence-corrected chi connectivity index (χ1v) is 12.1. The van der Waals surface area contributed by atoms with Crippen LogP contribution in [0.15, 0.2) is 41.6 Å². The lowest BCUT2D eigenvalue weighted by molar-refractivity contribution is -0.0860. The summed E-state index contributed by atoms with van der Waals surface area (Å²) in [5.74, 6) is 0.472. The summed E-state index contributed by atoms with van der Waals surface area (Å²) in [6, 6.07) is 8.37. The number of hydrogen-bond acceptors (Lipinski definition) is 6. The summed E-state index contributed by atoms with van der Waals surface area (Å²) in [4.78, 5) is 23.0. The number of aromatic nitrogens is 5. The van der Waals surface area contributed by atoms with Crippen molar-refractivity contribution in [3.8, 4) is 11.1 Å². The molecule has 2 N–H and O–H groups in total. The van der Waals surface area contributed by atoms with Crippen molar-refractivity contribution in [2.45, 2.75) is 38.9 Å². The summed E-state index contributed by atoms with van der Waals surface area (Å²) < 4.78 is 21.7. The predicted octanol–water partition coefficient (Wildman–Crippen LogP) is 2.92. The molecule has 9 nitrogen and oxygen atoms in total. The maximum Gasteiger partial charge on any atom is 0.277 e. The van der Waals surface area contributed by atoms with E-state index in [1.807, 2.05) is 24.3 Å². The molecule has 0 bridgehead atoms. The molecule has 2 saturated heterocycles. The van der Waals surface area contributed by atoms with Gasteiger partial charge in [-0.15, -0.1) is 5.10 Å². The van der Waals surface area contributed by atoms with Crippen LogP contribution in [0.1, 0.15) is 20.3 Å². The Kier molecular flexibility index (Phi) is 5.37. The van der Waals surface area contributed by atoms with E-state index >= 15 is 0 Å². The van der Waals surface area contributed by atoms with Crippen LogP contribution in [0.4, 0.5) is 10.3 Å². The van der Waals surface area contributed by atoms with Crippen LogP contribution in [0.3, 0.4) is 0 Å². The maximum absolute atomic E-state index is 13.2. The average molecular weight is 480 g/mol. The third kappa shape index (κ3) is 3.90. The number of aryl methyl sites for hydroxylation is 1. The highest BCUT2D eigenvalue weighted by Gasteiger charge is 2.40. The summed E-state index contributed by atoms with van der Waals surface area (Å²) >= 11 is 0. The number of aromatic amines is 1. The Bertz CT molecular complexity index is 1430. The van der Waals surface area contributed by atoms with Crippen molar-refractivity contribution >= 4 is 22.5 Å². The number of anilines is 1. The lowest BCUT2D eigenvalue weighted by Gasteiger charge is -2.49. The van der Waals surface area contributed by atoms with E-state index < -0.39 is 6.67 Å². The van der Waals surface area contributed by atoms with E-state index in [0.717, 1.165) is 54.9 Å². The van der Waals surface area contributed by atoms with E-state index in [1.54, 1.807) is 21.6 Å². The van der Waals surface area contributed by atoms with Gasteiger partial charge in [0.25, 0.3) is 5.56 Å². The van der Waals surface area contributed by atoms with E-state index in [1.165, 1.54) is 0 Å². The number of imidazole rings is 1. The van der Waals surface area contributed by atoms with Crippen LogP contribution in [-0.4, -0.2) is 74.1 Å². The smallest absolute Gasteiger partial charge is 0.277 e. The van der Waals surface area contributed by atoms with Gasteiger partial charge in [0.05, 0.1) is 43.2 Å². The van der Waals surface area contributed by atoms with Gasteiger partial charge >= 0.3 is 0 Å². The molecule has 2 fully saturated rings. The zero-order valence-electron chi connectivity index (χ0n) is 20.0. The lowest BCUT2D eigenvalue weighted by Crippen LogP contribution is -2.59. The van der Waals surface area contributed by atoms with Gasteiger partial charge in [0.2, 0.25) is 5.95 Å². The van der Waals surface area contributed by atoms with Gasteiger partial charge in [0.1, 0.15) is 12.2 Å². The van der Waals surface area contributed by atoms with E-state index in [4.69, 9.17) is 4.74 Å². The average Bonchev–Trinajstić information content (AvgIpc) is 3.39. The lowest BCUT2D eigenvalue weighted by atomic mass is 9.78. The van der Waals surface area contributed by atoms with E-state index in [2.05, 4.69) is 39.1 Å². The van der Waals surface area contributed by atoms with Crippen molar-refractivity contribution in [3.63, 3.8) is 0 Å². The SMILES string of the molecule is CC1(C)CN(C2COC2)CC[C@H]1Nc1nn2ccc(-c3ccc4ncn(CCF)c4c3)c2c(=O)[nH]1. The van der Waals surface area contributed by atoms with Crippen LogP contribution >= 0.6 is 0 Å². The van der Waals surface area contributed by atoms with Gasteiger partial charge in [-0.25, -0.2) is 13.9 Å². The molecule has 10 heteroatoms. The quantitative estimate of drug-likeness (QED) is 0.442. The van der Waals surface area contributed by atoms with Crippen molar-refractivity contribution < 1.29 is 9.13 Å². The molecule has 184 valence electrons. The van der Waals surface area contributed by atoms with Crippen molar-refractivity contribution in [1.82, 2.24) is 29.0 Å². The third-order valence-corrected chi connectivity index (χ3v) is 7.49. The number of likely N-dealkylation sites (tertiary alicyclic amines) is 1. The molecule has 2 aliphatic rings. The number of nitrogens with zero attached hydrogens (tertiary/aromatic N) is 5. The van der Waals surface area contributed by atoms with Crippen LogP contribution in [-0.2, 0) is 11.3 Å². The monoisotopic (exact) mass is 479 g/mol. The zero-order valence-corrected chi connectivity index (χ0v) is 20.0. The van der Waals surface area contributed by atoms with Crippen molar-refractivity contribution in [2.24, 2.45) is 5.41 Å². The molecule has 0 aliphatic carbocycles. The van der Waals surface area contributed by atoms with Crippen LogP contribution in [0.5, 0.6) is 0 Å². The number of alkyl halides is 1. The second-order valence-corrected chi connectivity index (χ2v) is 10.3. The molecule has 4 aromatic rings. The van der Waals surface area contributed by atoms with E-state index in [0.29, 0.717) is 17.5 Å². The topological polar surface area (TPSA) is 92.5 Å². The van der Waals surface area contributed by atoms with Gasteiger partial charge in [-0.05, 0) is 35.6 Å². The summed E-state index contributed by atoms with van der Waals surface area (Å²) in [5.41, 5.74) is 3.55. The number of hydrogen-bond donors (Lipinski definition) is 2. The molecule has 3 aromatic heterocycles. The molecule has 0 saturated carbocycles. The number of rotatable bonds is 6. The van der Waals surface area contributed by atoms with Gasteiger partial charge < -0.3 is 14.6 Å². The summed E-state index contributed by atoms with van der Waals surface area (Å²) in [7, 11) is 0. The van der Waals surface area contributed by atoms with Crippen LogP contribution in [0, 0.1) is 5.41 Å². The predicted molar refractivity (Wildman–Crippen MR) is 133 cm³/mol. The van der Waals surface area contributed by atoms with E-state index in [-0.39, 0.29) is 23.6 Å². The minimum atomic E-state index is -0.463. The number of H-pyrrole nitrogens is 1. The largest absolute Gasteiger partial charge is 0.378 e. The number of piperidine rings is 1. The second-order valence-electron chi connectivity index (χ2n) is 10.3. The maximum atomic E-state index is 13.2. The van der Waals surface area contributed by atoms with Gasteiger partial charge in [-0.3, -0.25) is 14.7 Å². The van der Waals surface area contributed by atoms with Crippen molar-refractivity contribution in [1.29, 1.82) is 0 Å². The fourth-order valence-corrected chi connectivity index (χ4v) is 5.40. The summed E-state index contributed by atoms with van der Waals surface area (Å²) in [5, 5.41) is 8.17. The molecule has 5 heterocycles. The third-order valence-electron chi connectivity index (χ3n) is 7.49. The Morgan fingerprint density at radius 1 is 1.29 bits per heavy atom. The second kappa shape index (κ2) is 8.46. The Morgan fingerprint density at radius 3 is 2.89 bits per heavy atom. The van der Waals surface area contributed by atoms with Crippen LogP contribution in [0.25, 0.3) is 27.7 Å². The molecule has 1 aromatic carbocycles. The van der Waals surface area contributed by atoms with Gasteiger partial charge in [-0.1, -0.05) is 19.9 Å². The van der Waals surface area contributed by atoms with Gasteiger partial charge in [-0.2, -0.15) is 0 Å². The summed E-state index contributed by atoms with van der Waals surface area (Å²) in [6.07, 6.45) is 4.41.